The third kappa shape index (κ3) is 7.27. The van der Waals surface area contributed by atoms with E-state index in [4.69, 9.17) is 0 Å². The molecule has 0 aliphatic carbocycles. The fourth-order valence-electron chi connectivity index (χ4n) is 2.01. The van der Waals surface area contributed by atoms with Crippen molar-refractivity contribution in [1.29, 1.82) is 0 Å². The monoisotopic (exact) mass is 512 g/mol. The number of hydrogen-bond donors (Lipinski definition) is 0. The quantitative estimate of drug-likeness (QED) is 0.235. The van der Waals surface area contributed by atoms with Crippen LogP contribution in [-0.2, 0) is 19.7 Å². The molecule has 0 radical (unpaired) electrons. The van der Waals surface area contributed by atoms with Gasteiger partial charge in [0.25, 0.3) is 0 Å². The lowest BCUT2D eigenvalue weighted by Gasteiger charge is -2.37. The van der Waals surface area contributed by atoms with E-state index in [2.05, 4.69) is 4.74 Å². The van der Waals surface area contributed by atoms with Crippen molar-refractivity contribution in [2.45, 2.75) is 82.1 Å². The molecule has 0 heterocycles. The Balaban J connectivity index is 0. The Morgan fingerprint density at radius 3 is 1.65 bits per heavy atom. The highest BCUT2D eigenvalue weighted by Crippen LogP contribution is 2.53. The van der Waals surface area contributed by atoms with Gasteiger partial charge in [0.05, 0.1) is 6.10 Å². The Morgan fingerprint density at radius 1 is 0.839 bits per heavy atom. The first kappa shape index (κ1) is 32.2. The topological polar surface area (TPSA) is 52.6 Å². The fourth-order valence-corrected chi connectivity index (χ4v) is 2.33. The Hall–Kier alpha value is -0.970. The lowest BCUT2D eigenvalue weighted by atomic mass is 10.0. The van der Waals surface area contributed by atoms with Crippen LogP contribution in [0.5, 0.6) is 0 Å². The zero-order valence-corrected chi connectivity index (χ0v) is 16.9. The van der Waals surface area contributed by atoms with Crippen molar-refractivity contribution in [3.63, 3.8) is 0 Å². The zero-order chi connectivity index (χ0) is 24.4. The molecule has 0 rings (SSSR count). The van der Waals surface area contributed by atoms with E-state index in [1.165, 1.54) is 0 Å². The molecule has 0 spiro atoms. The molecule has 0 aromatic carbocycles. The number of halogens is 12. The summed E-state index contributed by atoms with van der Waals surface area (Å²) >= 11 is 0. The summed E-state index contributed by atoms with van der Waals surface area (Å²) in [7, 11) is -7.70. The van der Waals surface area contributed by atoms with Crippen LogP contribution >= 0.6 is 0 Å². The summed E-state index contributed by atoms with van der Waals surface area (Å²) in [6.07, 6.45) is -21.8. The molecule has 0 saturated carbocycles. The van der Waals surface area contributed by atoms with Gasteiger partial charge in [-0.15, -0.1) is 0 Å². The summed E-state index contributed by atoms with van der Waals surface area (Å²) in [6, 6.07) is 0. The highest BCUT2D eigenvalue weighted by molar-refractivity contribution is 7.87. The Bertz CT molecular complexity index is 667. The van der Waals surface area contributed by atoms with E-state index in [9.17, 15) is 56.2 Å². The van der Waals surface area contributed by atoms with E-state index in [0.717, 1.165) is 6.92 Å². The number of ether oxygens (including phenoxy) is 2. The molecule has 3 unspecified atom stereocenters. The van der Waals surface area contributed by atoms with E-state index in [0.29, 0.717) is 12.8 Å². The van der Waals surface area contributed by atoms with Crippen molar-refractivity contribution < 1.29 is 70.4 Å². The predicted octanol–water partition coefficient (Wildman–Crippen LogP) is 6.08. The van der Waals surface area contributed by atoms with Crippen LogP contribution in [-0.4, -0.2) is 44.0 Å². The largest absolute Gasteiger partial charge is 0.464 e. The third-order valence-electron chi connectivity index (χ3n) is 4.01. The predicted molar refractivity (Wildman–Crippen MR) is 82.2 cm³/mol. The molecular formula is C14H20F12O4S. The van der Waals surface area contributed by atoms with Gasteiger partial charge in [0.15, 0.2) is 0 Å². The fraction of sp³-hybridized carbons (Fsp3) is 1.00. The second kappa shape index (κ2) is 10.3. The van der Waals surface area contributed by atoms with Crippen molar-refractivity contribution in [3.05, 3.63) is 0 Å². The van der Waals surface area contributed by atoms with Gasteiger partial charge < -0.3 is 4.74 Å². The van der Waals surface area contributed by atoms with Gasteiger partial charge in [-0.05, 0) is 19.3 Å². The summed E-state index contributed by atoms with van der Waals surface area (Å²) in [5, 5.41) is -7.12. The molecule has 0 aromatic rings. The molecule has 3 atom stereocenters. The Morgan fingerprint density at radius 2 is 1.29 bits per heavy atom. The van der Waals surface area contributed by atoms with Crippen molar-refractivity contribution >= 4 is 10.2 Å². The molecule has 0 aliphatic heterocycles. The van der Waals surface area contributed by atoms with Gasteiger partial charge in [0.1, 0.15) is 0 Å². The average Bonchev–Trinajstić information content (AvgIpc) is 2.51. The maximum absolute atomic E-state index is 14.0. The first-order chi connectivity index (χ1) is 13.1. The molecule has 0 saturated heterocycles. The molecular weight excluding hydrogens is 492 g/mol. The van der Waals surface area contributed by atoms with Gasteiger partial charge in [-0.1, -0.05) is 37.0 Å². The van der Waals surface area contributed by atoms with E-state index in [1.807, 2.05) is 4.74 Å². The highest BCUT2D eigenvalue weighted by Gasteiger charge is 2.82. The summed E-state index contributed by atoms with van der Waals surface area (Å²) < 4.78 is 170. The van der Waals surface area contributed by atoms with Gasteiger partial charge in [0, 0.05) is 0 Å². The van der Waals surface area contributed by atoms with Crippen molar-refractivity contribution in [2.75, 3.05) is 0 Å². The average molecular weight is 512 g/mol. The minimum atomic E-state index is -7.70. The van der Waals surface area contributed by atoms with Crippen LogP contribution in [0.2, 0.25) is 0 Å². The molecule has 0 fully saturated rings. The first-order valence-corrected chi connectivity index (χ1v) is 9.65. The van der Waals surface area contributed by atoms with Gasteiger partial charge in [-0.3, -0.25) is 9.44 Å². The molecule has 4 nitrogen and oxygen atoms in total. The van der Waals surface area contributed by atoms with Gasteiger partial charge in [-0.2, -0.15) is 52.3 Å². The van der Waals surface area contributed by atoms with E-state index in [1.54, 1.807) is 13.8 Å². The second-order valence-corrected chi connectivity index (χ2v) is 7.94. The van der Waals surface area contributed by atoms with Crippen LogP contribution in [0.1, 0.15) is 46.5 Å². The summed E-state index contributed by atoms with van der Waals surface area (Å²) in [4.78, 5) is 0. The van der Waals surface area contributed by atoms with Crippen molar-refractivity contribution in [3.8, 4) is 0 Å². The molecule has 17 heteroatoms. The van der Waals surface area contributed by atoms with Crippen molar-refractivity contribution in [2.24, 2.45) is 5.92 Å². The third-order valence-corrected chi connectivity index (χ3v) is 4.86. The Labute approximate surface area is 169 Å². The zero-order valence-electron chi connectivity index (χ0n) is 16.1. The molecule has 0 aliphatic rings. The van der Waals surface area contributed by atoms with Crippen LogP contribution in [0.4, 0.5) is 52.5 Å². The van der Waals surface area contributed by atoms with Crippen LogP contribution in [0.15, 0.2) is 0 Å². The molecule has 190 valence electrons. The van der Waals surface area contributed by atoms with Crippen LogP contribution < -0.4 is 0 Å². The number of rotatable bonds is 12. The van der Waals surface area contributed by atoms with E-state index < -0.39 is 52.3 Å². The molecule has 0 amide bonds. The number of hydrogen-bond acceptors (Lipinski definition) is 4. The summed E-state index contributed by atoms with van der Waals surface area (Å²) in [5.41, 5.74) is 0. The maximum Gasteiger partial charge on any atom is 0.464 e. The normalized spacial score (nSPS) is 18.1. The lowest BCUT2D eigenvalue weighted by Crippen LogP contribution is -2.64. The minimum absolute atomic E-state index is 0. The molecule has 0 aromatic heterocycles. The lowest BCUT2D eigenvalue weighted by molar-refractivity contribution is -0.516. The summed E-state index contributed by atoms with van der Waals surface area (Å²) in [5.74, 6) is -6.87. The van der Waals surface area contributed by atoms with Crippen LogP contribution in [0, 0.1) is 5.92 Å². The van der Waals surface area contributed by atoms with E-state index >= 15 is 0 Å². The van der Waals surface area contributed by atoms with Crippen LogP contribution in [0.3, 0.4) is 0 Å². The van der Waals surface area contributed by atoms with Gasteiger partial charge >= 0.3 is 39.7 Å². The van der Waals surface area contributed by atoms with Gasteiger partial charge in [0.2, 0.25) is 0 Å². The maximum atomic E-state index is 14.0. The second-order valence-electron chi connectivity index (χ2n) is 6.56. The van der Waals surface area contributed by atoms with Crippen LogP contribution in [0.25, 0.3) is 0 Å². The van der Waals surface area contributed by atoms with Gasteiger partial charge in [-0.25, -0.2) is 0 Å². The minimum Gasteiger partial charge on any atom is -0.313 e. The molecule has 31 heavy (non-hydrogen) atoms. The SMILES string of the molecule is CCC(C)CCCC(C)OC(F)(F)C(F)(OC(F)(F)C(F)(F)S(=O)(=O)F)C(F)(F)F.F. The Kier molecular flexibility index (Phi) is 10.7. The smallest absolute Gasteiger partial charge is 0.313 e. The standard InChI is InChI=1S/C14H19F11O4S.FH/c1-4-8(2)6-5-7-9(3)28-12(19,20)10(15,11(16,17)18)29-13(21,22)14(23,24)30(25,26)27;/h8-9H,4-7H2,1-3H3;1H. The number of alkyl halides is 10. The van der Waals surface area contributed by atoms with E-state index in [-0.39, 0.29) is 17.0 Å². The highest BCUT2D eigenvalue weighted by atomic mass is 32.3. The molecule has 0 N–H and O–H groups in total. The molecule has 0 bridgehead atoms. The van der Waals surface area contributed by atoms with Crippen molar-refractivity contribution in [1.82, 2.24) is 0 Å². The summed E-state index contributed by atoms with van der Waals surface area (Å²) in [6.45, 7) is 4.26. The first-order valence-electron chi connectivity index (χ1n) is 8.27.